The molecule has 0 heterocycles. The van der Waals surface area contributed by atoms with Crippen molar-refractivity contribution < 1.29 is 14.3 Å². The minimum Gasteiger partial charge on any atom is -0.460 e. The Hall–Kier alpha value is -1.86. The predicted octanol–water partition coefficient (Wildman–Crippen LogP) is 1.95. The molecule has 0 aliphatic carbocycles. The number of hydrogen-bond donors (Lipinski definition) is 0. The van der Waals surface area contributed by atoms with Crippen LogP contribution in [0.3, 0.4) is 0 Å². The van der Waals surface area contributed by atoms with Crippen LogP contribution in [0.2, 0.25) is 0 Å². The highest BCUT2D eigenvalue weighted by molar-refractivity contribution is 5.89. The number of nitriles is 1. The van der Waals surface area contributed by atoms with Gasteiger partial charge in [-0.05, 0) is 24.6 Å². The van der Waals surface area contributed by atoms with Gasteiger partial charge in [-0.3, -0.25) is 0 Å². The third-order valence-electron chi connectivity index (χ3n) is 2.14. The Labute approximate surface area is 101 Å². The molecule has 90 valence electrons. The SMILES string of the molecule is CCOCCOC(=O)c1ccc(CC#N)cc1. The van der Waals surface area contributed by atoms with Crippen LogP contribution in [0.15, 0.2) is 24.3 Å². The van der Waals surface area contributed by atoms with E-state index < -0.39 is 0 Å². The molecule has 0 fully saturated rings. The van der Waals surface area contributed by atoms with Crippen LogP contribution in [0.4, 0.5) is 0 Å². The average Bonchev–Trinajstić information content (AvgIpc) is 2.36. The summed E-state index contributed by atoms with van der Waals surface area (Å²) in [6.07, 6.45) is 0.347. The third-order valence-corrected chi connectivity index (χ3v) is 2.14. The van der Waals surface area contributed by atoms with E-state index in [4.69, 9.17) is 14.7 Å². The molecule has 4 nitrogen and oxygen atoms in total. The molecule has 0 atom stereocenters. The minimum absolute atomic E-state index is 0.257. The first kappa shape index (κ1) is 13.2. The second-order valence-electron chi connectivity index (χ2n) is 3.36. The van der Waals surface area contributed by atoms with E-state index >= 15 is 0 Å². The predicted molar refractivity (Wildman–Crippen MR) is 62.5 cm³/mol. The smallest absolute Gasteiger partial charge is 0.338 e. The van der Waals surface area contributed by atoms with Crippen LogP contribution < -0.4 is 0 Å². The number of esters is 1. The van der Waals surface area contributed by atoms with Crippen LogP contribution in [0.5, 0.6) is 0 Å². The van der Waals surface area contributed by atoms with E-state index in [0.29, 0.717) is 25.2 Å². The van der Waals surface area contributed by atoms with Gasteiger partial charge in [-0.25, -0.2) is 4.79 Å². The molecule has 1 aromatic rings. The number of benzene rings is 1. The summed E-state index contributed by atoms with van der Waals surface area (Å²) in [6, 6.07) is 8.88. The van der Waals surface area contributed by atoms with Gasteiger partial charge in [-0.1, -0.05) is 12.1 Å². The van der Waals surface area contributed by atoms with Gasteiger partial charge in [0.15, 0.2) is 0 Å². The second-order valence-corrected chi connectivity index (χ2v) is 3.36. The zero-order chi connectivity index (χ0) is 12.5. The van der Waals surface area contributed by atoms with E-state index in [2.05, 4.69) is 0 Å². The van der Waals surface area contributed by atoms with Crippen molar-refractivity contribution in [1.29, 1.82) is 5.26 Å². The highest BCUT2D eigenvalue weighted by atomic mass is 16.6. The van der Waals surface area contributed by atoms with Crippen LogP contribution in [-0.4, -0.2) is 25.8 Å². The van der Waals surface area contributed by atoms with Gasteiger partial charge in [0, 0.05) is 6.61 Å². The van der Waals surface area contributed by atoms with Gasteiger partial charge >= 0.3 is 5.97 Å². The molecule has 0 saturated carbocycles. The highest BCUT2D eigenvalue weighted by Crippen LogP contribution is 2.06. The van der Waals surface area contributed by atoms with Crippen molar-refractivity contribution in [2.75, 3.05) is 19.8 Å². The lowest BCUT2D eigenvalue weighted by Crippen LogP contribution is -2.10. The number of nitrogens with zero attached hydrogens (tertiary/aromatic N) is 1. The van der Waals surface area contributed by atoms with Crippen molar-refractivity contribution in [3.8, 4) is 6.07 Å². The molecule has 0 saturated heterocycles. The average molecular weight is 233 g/mol. The number of rotatable bonds is 6. The maximum atomic E-state index is 11.5. The molecule has 1 aromatic carbocycles. The standard InChI is InChI=1S/C13H15NO3/c1-2-16-9-10-17-13(15)12-5-3-11(4-6-12)7-8-14/h3-6H,2,7,9-10H2,1H3. The lowest BCUT2D eigenvalue weighted by Gasteiger charge is -2.05. The number of carbonyl (C=O) groups is 1. The first-order valence-corrected chi connectivity index (χ1v) is 5.48. The quantitative estimate of drug-likeness (QED) is 0.556. The fourth-order valence-corrected chi connectivity index (χ4v) is 1.27. The molecule has 0 aliphatic rings. The molecule has 4 heteroatoms. The van der Waals surface area contributed by atoms with Gasteiger partial charge in [0.2, 0.25) is 0 Å². The van der Waals surface area contributed by atoms with Crippen LogP contribution in [0.1, 0.15) is 22.8 Å². The Kier molecular flexibility index (Phi) is 5.76. The van der Waals surface area contributed by atoms with Gasteiger partial charge in [-0.15, -0.1) is 0 Å². The van der Waals surface area contributed by atoms with Crippen LogP contribution in [0, 0.1) is 11.3 Å². The number of ether oxygens (including phenoxy) is 2. The maximum Gasteiger partial charge on any atom is 0.338 e. The van der Waals surface area contributed by atoms with Gasteiger partial charge in [-0.2, -0.15) is 5.26 Å². The zero-order valence-corrected chi connectivity index (χ0v) is 9.81. The van der Waals surface area contributed by atoms with Crippen molar-refractivity contribution in [3.63, 3.8) is 0 Å². The van der Waals surface area contributed by atoms with Gasteiger partial charge < -0.3 is 9.47 Å². The first-order valence-electron chi connectivity index (χ1n) is 5.48. The Morgan fingerprint density at radius 3 is 2.59 bits per heavy atom. The van der Waals surface area contributed by atoms with E-state index in [0.717, 1.165) is 5.56 Å². The summed E-state index contributed by atoms with van der Waals surface area (Å²) in [5.41, 5.74) is 1.38. The van der Waals surface area contributed by atoms with Crippen molar-refractivity contribution in [3.05, 3.63) is 35.4 Å². The lowest BCUT2D eigenvalue weighted by atomic mass is 10.1. The molecule has 0 spiro atoms. The second kappa shape index (κ2) is 7.42. The fourth-order valence-electron chi connectivity index (χ4n) is 1.27. The highest BCUT2D eigenvalue weighted by Gasteiger charge is 2.06. The van der Waals surface area contributed by atoms with Crippen LogP contribution in [-0.2, 0) is 15.9 Å². The summed E-state index contributed by atoms with van der Waals surface area (Å²) in [4.78, 5) is 11.5. The van der Waals surface area contributed by atoms with Crippen LogP contribution in [0.25, 0.3) is 0 Å². The van der Waals surface area contributed by atoms with Gasteiger partial charge in [0.1, 0.15) is 6.61 Å². The molecule has 17 heavy (non-hydrogen) atoms. The third kappa shape index (κ3) is 4.66. The first-order chi connectivity index (χ1) is 8.27. The summed E-state index contributed by atoms with van der Waals surface area (Å²) in [7, 11) is 0. The Bertz CT molecular complexity index is 392. The summed E-state index contributed by atoms with van der Waals surface area (Å²) in [6.45, 7) is 3.16. The fraction of sp³-hybridized carbons (Fsp3) is 0.385. The molecule has 0 amide bonds. The van der Waals surface area contributed by atoms with E-state index in [1.165, 1.54) is 0 Å². The lowest BCUT2D eigenvalue weighted by molar-refractivity contribution is 0.0335. The van der Waals surface area contributed by atoms with E-state index in [-0.39, 0.29) is 12.6 Å². The van der Waals surface area contributed by atoms with Crippen molar-refractivity contribution in [1.82, 2.24) is 0 Å². The van der Waals surface area contributed by atoms with Crippen molar-refractivity contribution in [2.24, 2.45) is 0 Å². The Balaban J connectivity index is 2.44. The van der Waals surface area contributed by atoms with Crippen molar-refractivity contribution in [2.45, 2.75) is 13.3 Å². The summed E-state index contributed by atoms with van der Waals surface area (Å²) in [5.74, 6) is -0.367. The molecule has 0 radical (unpaired) electrons. The van der Waals surface area contributed by atoms with Gasteiger partial charge in [0.25, 0.3) is 0 Å². The number of carbonyl (C=O) groups excluding carboxylic acids is 1. The summed E-state index contributed by atoms with van der Waals surface area (Å²) >= 11 is 0. The largest absolute Gasteiger partial charge is 0.460 e. The van der Waals surface area contributed by atoms with E-state index in [9.17, 15) is 4.79 Å². The minimum atomic E-state index is -0.367. The molecule has 0 unspecified atom stereocenters. The molecular formula is C13H15NO3. The Morgan fingerprint density at radius 1 is 1.29 bits per heavy atom. The zero-order valence-electron chi connectivity index (χ0n) is 9.81. The molecule has 0 aromatic heterocycles. The monoisotopic (exact) mass is 233 g/mol. The van der Waals surface area contributed by atoms with E-state index in [1.54, 1.807) is 24.3 Å². The normalized spacial score (nSPS) is 9.65. The Morgan fingerprint density at radius 2 is 2.00 bits per heavy atom. The number of hydrogen-bond acceptors (Lipinski definition) is 4. The molecule has 0 N–H and O–H groups in total. The molecule has 0 aliphatic heterocycles. The molecule has 0 bridgehead atoms. The summed E-state index contributed by atoms with van der Waals surface area (Å²) < 4.78 is 10.1. The molecular weight excluding hydrogens is 218 g/mol. The summed E-state index contributed by atoms with van der Waals surface area (Å²) in [5, 5.41) is 8.51. The topological polar surface area (TPSA) is 59.3 Å². The van der Waals surface area contributed by atoms with Crippen LogP contribution >= 0.6 is 0 Å². The van der Waals surface area contributed by atoms with Gasteiger partial charge in [0.05, 0.1) is 24.7 Å². The van der Waals surface area contributed by atoms with Crippen molar-refractivity contribution >= 4 is 5.97 Å². The maximum absolute atomic E-state index is 11.5. The van der Waals surface area contributed by atoms with E-state index in [1.807, 2.05) is 13.0 Å². The molecule has 1 rings (SSSR count).